The van der Waals surface area contributed by atoms with Gasteiger partial charge in [0, 0.05) is 6.07 Å². The van der Waals surface area contributed by atoms with Gasteiger partial charge in [-0.05, 0) is 18.6 Å². The first kappa shape index (κ1) is 10.9. The topological polar surface area (TPSA) is 20.2 Å². The highest BCUT2D eigenvalue weighted by Gasteiger charge is 2.03. The minimum atomic E-state index is -0.928. The van der Waals surface area contributed by atoms with Crippen LogP contribution in [-0.4, -0.2) is 5.11 Å². The van der Waals surface area contributed by atoms with Crippen LogP contribution in [0.1, 0.15) is 19.4 Å². The van der Waals surface area contributed by atoms with Crippen LogP contribution in [0.2, 0.25) is 0 Å². The van der Waals surface area contributed by atoms with Crippen LogP contribution in [0.5, 0.6) is 5.75 Å². The van der Waals surface area contributed by atoms with Crippen LogP contribution in [-0.2, 0) is 0 Å². The number of phenolic OH excluding ortho intramolecular Hbond substituents is 1. The van der Waals surface area contributed by atoms with E-state index in [4.69, 9.17) is 5.11 Å². The van der Waals surface area contributed by atoms with Crippen LogP contribution in [0.25, 0.3) is 0 Å². The average Bonchev–Trinajstić information content (AvgIpc) is 2.05. The molecule has 0 heterocycles. The molecule has 1 aromatic carbocycles. The van der Waals surface area contributed by atoms with Crippen molar-refractivity contribution in [2.75, 3.05) is 0 Å². The quantitative estimate of drug-likeness (QED) is 0.641. The predicted octanol–water partition coefficient (Wildman–Crippen LogP) is 3.01. The molecule has 12 heavy (non-hydrogen) atoms. The minimum Gasteiger partial charge on any atom is -0.505 e. The van der Waals surface area contributed by atoms with Gasteiger partial charge in [-0.3, -0.25) is 0 Å². The lowest BCUT2D eigenvalue weighted by Gasteiger charge is -1.97. The summed E-state index contributed by atoms with van der Waals surface area (Å²) in [4.78, 5) is 0. The summed E-state index contributed by atoms with van der Waals surface area (Å²) in [6, 6.07) is 1.70. The molecule has 0 aromatic heterocycles. The van der Waals surface area contributed by atoms with Crippen LogP contribution < -0.4 is 0 Å². The SMILES string of the molecule is CC.Cc1cc(O)c(F)cc1F. The maximum atomic E-state index is 12.4. The summed E-state index contributed by atoms with van der Waals surface area (Å²) in [7, 11) is 0. The van der Waals surface area contributed by atoms with Gasteiger partial charge in [-0.15, -0.1) is 0 Å². The molecule has 0 spiro atoms. The summed E-state index contributed by atoms with van der Waals surface area (Å²) in [6.07, 6.45) is 0. The lowest BCUT2D eigenvalue weighted by atomic mass is 10.2. The largest absolute Gasteiger partial charge is 0.505 e. The molecule has 0 atom stereocenters. The Morgan fingerprint density at radius 2 is 1.58 bits per heavy atom. The fourth-order valence-corrected chi connectivity index (χ4v) is 0.642. The van der Waals surface area contributed by atoms with Gasteiger partial charge in [0.2, 0.25) is 0 Å². The van der Waals surface area contributed by atoms with Crippen LogP contribution in [0.3, 0.4) is 0 Å². The minimum absolute atomic E-state index is 0.235. The molecule has 1 nitrogen and oxygen atoms in total. The first-order chi connectivity index (χ1) is 5.61. The molecule has 0 aliphatic heterocycles. The second-order valence-corrected chi connectivity index (χ2v) is 2.05. The normalized spacial score (nSPS) is 8.75. The summed E-state index contributed by atoms with van der Waals surface area (Å²) in [5.74, 6) is -2.09. The Labute approximate surface area is 70.7 Å². The molecular formula is C9H12F2O. The Kier molecular flexibility index (Phi) is 4.26. The summed E-state index contributed by atoms with van der Waals surface area (Å²) < 4.78 is 24.7. The Morgan fingerprint density at radius 3 is 2.00 bits per heavy atom. The number of rotatable bonds is 0. The van der Waals surface area contributed by atoms with Gasteiger partial charge in [-0.25, -0.2) is 8.78 Å². The Hall–Kier alpha value is -1.12. The molecule has 0 aliphatic rings. The van der Waals surface area contributed by atoms with Gasteiger partial charge in [-0.2, -0.15) is 0 Å². The second-order valence-electron chi connectivity index (χ2n) is 2.05. The third-order valence-electron chi connectivity index (χ3n) is 1.23. The zero-order chi connectivity index (χ0) is 9.72. The molecule has 68 valence electrons. The number of aryl methyl sites for hydroxylation is 1. The van der Waals surface area contributed by atoms with Crippen LogP contribution >= 0.6 is 0 Å². The van der Waals surface area contributed by atoms with E-state index in [-0.39, 0.29) is 5.56 Å². The standard InChI is InChI=1S/C7H6F2O.C2H6/c1-4-2-7(10)6(9)3-5(4)8;1-2/h2-3,10H,1H3;1-2H3. The van der Waals surface area contributed by atoms with E-state index >= 15 is 0 Å². The van der Waals surface area contributed by atoms with Gasteiger partial charge in [0.05, 0.1) is 0 Å². The third kappa shape index (κ3) is 2.49. The monoisotopic (exact) mass is 174 g/mol. The van der Waals surface area contributed by atoms with Gasteiger partial charge in [0.1, 0.15) is 5.82 Å². The van der Waals surface area contributed by atoms with Crippen molar-refractivity contribution in [2.24, 2.45) is 0 Å². The van der Waals surface area contributed by atoms with E-state index in [0.29, 0.717) is 6.07 Å². The van der Waals surface area contributed by atoms with Crippen LogP contribution in [0.4, 0.5) is 8.78 Å². The first-order valence-electron chi connectivity index (χ1n) is 3.76. The molecule has 0 bridgehead atoms. The fraction of sp³-hybridized carbons (Fsp3) is 0.333. The van der Waals surface area contributed by atoms with Gasteiger partial charge < -0.3 is 5.11 Å². The van der Waals surface area contributed by atoms with E-state index in [1.165, 1.54) is 6.92 Å². The molecule has 1 aromatic rings. The molecule has 0 unspecified atom stereocenters. The lowest BCUT2D eigenvalue weighted by molar-refractivity contribution is 0.427. The molecule has 0 radical (unpaired) electrons. The van der Waals surface area contributed by atoms with Crippen molar-refractivity contribution in [1.29, 1.82) is 0 Å². The zero-order valence-corrected chi connectivity index (χ0v) is 7.36. The molecular weight excluding hydrogens is 162 g/mol. The number of hydrogen-bond acceptors (Lipinski definition) is 1. The van der Waals surface area contributed by atoms with E-state index in [9.17, 15) is 8.78 Å². The fourth-order valence-electron chi connectivity index (χ4n) is 0.642. The molecule has 0 fully saturated rings. The van der Waals surface area contributed by atoms with Crippen molar-refractivity contribution in [1.82, 2.24) is 0 Å². The Bertz CT molecular complexity index is 209. The molecule has 0 amide bonds. The van der Waals surface area contributed by atoms with E-state index in [1.807, 2.05) is 13.8 Å². The number of hydrogen-bond donors (Lipinski definition) is 1. The number of halogens is 2. The molecule has 1 rings (SSSR count). The van der Waals surface area contributed by atoms with Crippen LogP contribution in [0, 0.1) is 18.6 Å². The smallest absolute Gasteiger partial charge is 0.167 e. The molecule has 0 saturated heterocycles. The highest BCUT2D eigenvalue weighted by molar-refractivity contribution is 5.29. The molecule has 0 saturated carbocycles. The number of benzene rings is 1. The molecule has 1 N–H and O–H groups in total. The van der Waals surface area contributed by atoms with Crippen LogP contribution in [0.15, 0.2) is 12.1 Å². The Morgan fingerprint density at radius 1 is 1.08 bits per heavy atom. The highest BCUT2D eigenvalue weighted by Crippen LogP contribution is 2.18. The predicted molar refractivity (Wildman–Crippen MR) is 44.1 cm³/mol. The van der Waals surface area contributed by atoms with Crippen molar-refractivity contribution in [3.8, 4) is 5.75 Å². The maximum Gasteiger partial charge on any atom is 0.167 e. The third-order valence-corrected chi connectivity index (χ3v) is 1.23. The van der Waals surface area contributed by atoms with Crippen molar-refractivity contribution in [3.63, 3.8) is 0 Å². The summed E-state index contributed by atoms with van der Waals surface area (Å²) in [5, 5.41) is 8.68. The lowest BCUT2D eigenvalue weighted by Crippen LogP contribution is -1.84. The molecule has 0 aliphatic carbocycles. The van der Waals surface area contributed by atoms with E-state index < -0.39 is 17.4 Å². The van der Waals surface area contributed by atoms with Crippen molar-refractivity contribution in [2.45, 2.75) is 20.8 Å². The molecule has 3 heteroatoms. The number of aromatic hydroxyl groups is 1. The van der Waals surface area contributed by atoms with E-state index in [0.717, 1.165) is 6.07 Å². The van der Waals surface area contributed by atoms with E-state index in [2.05, 4.69) is 0 Å². The first-order valence-corrected chi connectivity index (χ1v) is 3.76. The van der Waals surface area contributed by atoms with Gasteiger partial charge >= 0.3 is 0 Å². The highest BCUT2D eigenvalue weighted by atomic mass is 19.1. The maximum absolute atomic E-state index is 12.4. The second kappa shape index (κ2) is 4.70. The summed E-state index contributed by atoms with van der Waals surface area (Å²) >= 11 is 0. The van der Waals surface area contributed by atoms with Gasteiger partial charge in [0.15, 0.2) is 11.6 Å². The summed E-state index contributed by atoms with van der Waals surface area (Å²) in [5.41, 5.74) is 0.235. The Balaban J connectivity index is 0.000000561. The van der Waals surface area contributed by atoms with Crippen molar-refractivity contribution < 1.29 is 13.9 Å². The summed E-state index contributed by atoms with van der Waals surface area (Å²) in [6.45, 7) is 5.45. The average molecular weight is 174 g/mol. The van der Waals surface area contributed by atoms with Crippen molar-refractivity contribution in [3.05, 3.63) is 29.3 Å². The van der Waals surface area contributed by atoms with Crippen molar-refractivity contribution >= 4 is 0 Å². The van der Waals surface area contributed by atoms with Gasteiger partial charge in [-0.1, -0.05) is 13.8 Å². The zero-order valence-electron chi connectivity index (χ0n) is 7.36. The van der Waals surface area contributed by atoms with E-state index in [1.54, 1.807) is 0 Å². The van der Waals surface area contributed by atoms with Gasteiger partial charge in [0.25, 0.3) is 0 Å². The number of phenols is 1.